The van der Waals surface area contributed by atoms with Crippen LogP contribution in [0.3, 0.4) is 0 Å². The quantitative estimate of drug-likeness (QED) is 0.165. The number of benzene rings is 6. The Hall–Kier alpha value is -5.48. The van der Waals surface area contributed by atoms with Gasteiger partial charge in [0.2, 0.25) is 0 Å². The van der Waals surface area contributed by atoms with Crippen LogP contribution in [0.4, 0.5) is 34.1 Å². The fourth-order valence-corrected chi connectivity index (χ4v) is 12.0. The summed E-state index contributed by atoms with van der Waals surface area (Å²) >= 11 is 0. The van der Waals surface area contributed by atoms with Crippen molar-refractivity contribution in [3.05, 3.63) is 148 Å². The first kappa shape index (κ1) is 41.2. The summed E-state index contributed by atoms with van der Waals surface area (Å²) in [4.78, 5) is 5.21. The van der Waals surface area contributed by atoms with Crippen LogP contribution in [0.5, 0.6) is 0 Å². The molecule has 2 aliphatic heterocycles. The monoisotopic (exact) mass is 841 g/mol. The van der Waals surface area contributed by atoms with Crippen LogP contribution in [0.1, 0.15) is 141 Å². The van der Waals surface area contributed by atoms with Gasteiger partial charge in [0.1, 0.15) is 5.58 Å². The number of rotatable bonds is 3. The molecule has 6 aromatic carbocycles. The van der Waals surface area contributed by atoms with Crippen molar-refractivity contribution in [2.45, 2.75) is 143 Å². The van der Waals surface area contributed by atoms with E-state index in [1.807, 2.05) is 0 Å². The Morgan fingerprint density at radius 3 is 1.70 bits per heavy atom. The Balaban J connectivity index is 1.27. The van der Waals surface area contributed by atoms with Crippen LogP contribution < -0.4 is 26.4 Å². The summed E-state index contributed by atoms with van der Waals surface area (Å²) in [5.41, 5.74) is 24.3. The fourth-order valence-electron chi connectivity index (χ4n) is 12.0. The molecule has 2 aliphatic carbocycles. The van der Waals surface area contributed by atoms with Crippen LogP contribution in [0.25, 0.3) is 22.1 Å². The zero-order valence-corrected chi connectivity index (χ0v) is 40.6. The molecular formula is C60H65BN2O. The zero-order valence-electron chi connectivity index (χ0n) is 40.6. The van der Waals surface area contributed by atoms with Gasteiger partial charge in [-0.15, -0.1) is 0 Å². The van der Waals surface area contributed by atoms with Crippen LogP contribution in [0.2, 0.25) is 0 Å². The van der Waals surface area contributed by atoms with Crippen LogP contribution in [-0.2, 0) is 27.1 Å². The minimum atomic E-state index is -0.105. The van der Waals surface area contributed by atoms with Crippen molar-refractivity contribution in [2.75, 3.05) is 9.80 Å². The molecule has 0 saturated heterocycles. The van der Waals surface area contributed by atoms with Gasteiger partial charge in [0, 0.05) is 33.8 Å². The van der Waals surface area contributed by atoms with Gasteiger partial charge in [-0.1, -0.05) is 137 Å². The van der Waals surface area contributed by atoms with Crippen LogP contribution in [0, 0.1) is 13.8 Å². The molecule has 0 fully saturated rings. The lowest BCUT2D eigenvalue weighted by atomic mass is 9.35. The van der Waals surface area contributed by atoms with Crippen molar-refractivity contribution in [3.63, 3.8) is 0 Å². The standard InChI is InChI=1S/C60H65BN2O/c1-36-29-50-53-51(30-36)63(48-31-39(20-19-37(48)2)38-17-15-14-16-18-38)49-34-45-44(58(8,9)26-27-59(45,10)11)33-47(49)61(53)55-54(62(50)41-23-21-40(22-24-41)56(3,4)5)42-32-43-46(35-52(42)64-55)60(12,13)28-25-57(43,6)7/h14-24,29-35H,25-28H2,1-13H3. The van der Waals surface area contributed by atoms with Crippen molar-refractivity contribution in [1.29, 1.82) is 0 Å². The molecule has 324 valence electrons. The number of nitrogens with zero attached hydrogens (tertiary/aromatic N) is 2. The van der Waals surface area contributed by atoms with E-state index in [1.165, 1.54) is 94.8 Å². The molecule has 0 unspecified atom stereocenters. The molecule has 1 aromatic heterocycles. The van der Waals surface area contributed by atoms with Gasteiger partial charge in [0.15, 0.2) is 0 Å². The van der Waals surface area contributed by atoms with E-state index < -0.39 is 0 Å². The van der Waals surface area contributed by atoms with Crippen LogP contribution in [0.15, 0.2) is 114 Å². The summed E-state index contributed by atoms with van der Waals surface area (Å²) in [6.45, 7) is 31.0. The largest absolute Gasteiger partial charge is 0.468 e. The van der Waals surface area contributed by atoms with Crippen LogP contribution >= 0.6 is 0 Å². The zero-order chi connectivity index (χ0) is 45.0. The normalized spacial score (nSPS) is 18.5. The molecule has 0 atom stereocenters. The number of fused-ring (bicyclic) bond motifs is 8. The molecule has 0 saturated carbocycles. The predicted molar refractivity (Wildman–Crippen MR) is 274 cm³/mol. The average molecular weight is 841 g/mol. The highest BCUT2D eigenvalue weighted by molar-refractivity contribution is 7.00. The van der Waals surface area contributed by atoms with E-state index in [9.17, 15) is 0 Å². The second-order valence-electron chi connectivity index (χ2n) is 23.7. The molecule has 4 aliphatic rings. The third-order valence-electron chi connectivity index (χ3n) is 16.3. The topological polar surface area (TPSA) is 19.6 Å². The Morgan fingerprint density at radius 2 is 1.09 bits per heavy atom. The van der Waals surface area contributed by atoms with Gasteiger partial charge in [-0.2, -0.15) is 0 Å². The third-order valence-corrected chi connectivity index (χ3v) is 16.3. The van der Waals surface area contributed by atoms with Crippen molar-refractivity contribution in [2.24, 2.45) is 0 Å². The van der Waals surface area contributed by atoms with Gasteiger partial charge in [-0.3, -0.25) is 0 Å². The van der Waals surface area contributed by atoms with Gasteiger partial charge in [-0.05, 0) is 176 Å². The maximum atomic E-state index is 7.60. The Labute approximate surface area is 383 Å². The van der Waals surface area contributed by atoms with Crippen LogP contribution in [-0.4, -0.2) is 6.71 Å². The summed E-state index contributed by atoms with van der Waals surface area (Å²) < 4.78 is 7.60. The number of furan rings is 1. The Kier molecular flexibility index (Phi) is 8.72. The second-order valence-corrected chi connectivity index (χ2v) is 23.7. The van der Waals surface area contributed by atoms with E-state index in [1.54, 1.807) is 0 Å². The molecule has 7 aromatic rings. The number of aryl methyl sites for hydroxylation is 2. The van der Waals surface area contributed by atoms with Crippen molar-refractivity contribution in [3.8, 4) is 11.1 Å². The molecule has 64 heavy (non-hydrogen) atoms. The van der Waals surface area contributed by atoms with E-state index in [4.69, 9.17) is 4.42 Å². The van der Waals surface area contributed by atoms with Gasteiger partial charge in [-0.25, -0.2) is 0 Å². The highest BCUT2D eigenvalue weighted by atomic mass is 16.3. The first-order valence-corrected chi connectivity index (χ1v) is 24.0. The van der Waals surface area contributed by atoms with Gasteiger partial charge in [0.25, 0.3) is 6.71 Å². The molecule has 0 spiro atoms. The molecule has 11 rings (SSSR count). The summed E-state index contributed by atoms with van der Waals surface area (Å²) in [6.07, 6.45) is 4.64. The smallest absolute Gasteiger partial charge is 0.297 e. The molecule has 3 heterocycles. The third kappa shape index (κ3) is 6.06. The number of hydrogen-bond acceptors (Lipinski definition) is 3. The van der Waals surface area contributed by atoms with Crippen molar-refractivity contribution < 1.29 is 4.42 Å². The molecule has 0 N–H and O–H groups in total. The maximum absolute atomic E-state index is 7.60. The lowest BCUT2D eigenvalue weighted by Gasteiger charge is -2.47. The summed E-state index contributed by atoms with van der Waals surface area (Å²) in [7, 11) is 0. The molecule has 0 bridgehead atoms. The van der Waals surface area contributed by atoms with E-state index in [-0.39, 0.29) is 33.8 Å². The highest BCUT2D eigenvalue weighted by Crippen LogP contribution is 2.54. The van der Waals surface area contributed by atoms with Crippen molar-refractivity contribution >= 4 is 68.4 Å². The second kappa shape index (κ2) is 13.5. The molecule has 4 heteroatoms. The highest BCUT2D eigenvalue weighted by Gasteiger charge is 2.50. The SMILES string of the molecule is Cc1cc2c3c(c1)N(c1ccc(C(C)(C)C)cc1)c1c(oc4cc5c(cc14)C(C)(C)CCC5(C)C)B3c1cc3c(cc1N2c1cc(-c2ccccc2)ccc1C)C(C)(C)CCC3(C)C. The van der Waals surface area contributed by atoms with Gasteiger partial charge in [0.05, 0.1) is 11.3 Å². The van der Waals surface area contributed by atoms with E-state index in [0.717, 1.165) is 42.6 Å². The summed E-state index contributed by atoms with van der Waals surface area (Å²) in [6, 6.07) is 42.4. The molecule has 0 radical (unpaired) electrons. The van der Waals surface area contributed by atoms with E-state index >= 15 is 0 Å². The summed E-state index contributed by atoms with van der Waals surface area (Å²) in [5, 5.41) is 1.21. The first-order valence-electron chi connectivity index (χ1n) is 24.0. The molecular weight excluding hydrogens is 775 g/mol. The Morgan fingerprint density at radius 1 is 0.531 bits per heavy atom. The fraction of sp³-hybridized carbons (Fsp3) is 0.367. The van der Waals surface area contributed by atoms with Crippen molar-refractivity contribution in [1.82, 2.24) is 0 Å². The molecule has 3 nitrogen and oxygen atoms in total. The van der Waals surface area contributed by atoms with Gasteiger partial charge < -0.3 is 14.2 Å². The minimum absolute atomic E-state index is 0.0344. The van der Waals surface area contributed by atoms with E-state index in [2.05, 4.69) is 209 Å². The van der Waals surface area contributed by atoms with E-state index in [0.29, 0.717) is 0 Å². The molecule has 0 amide bonds. The number of hydrogen-bond donors (Lipinski definition) is 0. The predicted octanol–water partition coefficient (Wildman–Crippen LogP) is 14.8. The average Bonchev–Trinajstić information content (AvgIpc) is 3.62. The maximum Gasteiger partial charge on any atom is 0.297 e. The summed E-state index contributed by atoms with van der Waals surface area (Å²) in [5.74, 6) is 0. The lowest BCUT2D eigenvalue weighted by Crippen LogP contribution is -2.61. The number of anilines is 6. The Bertz CT molecular complexity index is 3060. The minimum Gasteiger partial charge on any atom is -0.468 e. The first-order chi connectivity index (χ1) is 30.1. The lowest BCUT2D eigenvalue weighted by molar-refractivity contribution is 0.332. The van der Waals surface area contributed by atoms with Gasteiger partial charge >= 0.3 is 0 Å².